The molecule has 4 nitrogen and oxygen atoms in total. The number of hydrogen-bond donors (Lipinski definition) is 0. The maximum atomic E-state index is 12.3. The van der Waals surface area contributed by atoms with Gasteiger partial charge in [-0.25, -0.2) is 0 Å². The first-order valence-electron chi connectivity index (χ1n) is 6.58. The predicted molar refractivity (Wildman–Crippen MR) is 75.1 cm³/mol. The summed E-state index contributed by atoms with van der Waals surface area (Å²) in [5.74, 6) is 0.693. The lowest BCUT2D eigenvalue weighted by atomic mass is 10.1. The van der Waals surface area contributed by atoms with Crippen LogP contribution in [-0.4, -0.2) is 31.9 Å². The van der Waals surface area contributed by atoms with Gasteiger partial charge in [-0.05, 0) is 25.1 Å². The van der Waals surface area contributed by atoms with Crippen LogP contribution in [0.15, 0.2) is 24.3 Å². The number of hydrogen-bond acceptors (Lipinski definition) is 4. The van der Waals surface area contributed by atoms with Gasteiger partial charge >= 0.3 is 6.61 Å². The topological polar surface area (TPSA) is 40.6 Å². The van der Waals surface area contributed by atoms with Crippen LogP contribution in [0, 0.1) is 6.92 Å². The largest absolute Gasteiger partial charge is 0.493 e. The number of alkyl halides is 2. The Balaban J connectivity index is 2.27. The van der Waals surface area contributed by atoms with Gasteiger partial charge in [-0.2, -0.15) is 8.78 Å². The van der Waals surface area contributed by atoms with E-state index in [1.54, 1.807) is 19.2 Å². The second-order valence-corrected chi connectivity index (χ2v) is 4.51. The first-order chi connectivity index (χ1) is 10.1. The van der Waals surface area contributed by atoms with Crippen molar-refractivity contribution >= 4 is 10.9 Å². The van der Waals surface area contributed by atoms with Gasteiger partial charge in [-0.3, -0.25) is 4.98 Å². The molecule has 1 aromatic carbocycles. The summed E-state index contributed by atoms with van der Waals surface area (Å²) in [6.45, 7) is 0.0750. The molecule has 1 heterocycles. The van der Waals surface area contributed by atoms with Crippen molar-refractivity contribution in [3.05, 3.63) is 30.0 Å². The number of rotatable bonds is 7. The highest BCUT2D eigenvalue weighted by atomic mass is 19.3. The third kappa shape index (κ3) is 4.26. The standard InChI is InChI=1S/C15H17F2NO3/c1-10-8-14(20-7-3-6-19-2)12-9-11(21-15(16)17)4-5-13(12)18-10/h4-5,8-9,15H,3,6-7H2,1-2H3. The van der Waals surface area contributed by atoms with E-state index in [1.807, 2.05) is 6.92 Å². The van der Waals surface area contributed by atoms with Crippen LogP contribution in [0.5, 0.6) is 11.5 Å². The van der Waals surface area contributed by atoms with Crippen LogP contribution in [0.3, 0.4) is 0 Å². The molecule has 1 aromatic heterocycles. The first-order valence-corrected chi connectivity index (χ1v) is 6.58. The Bertz CT molecular complexity index is 605. The highest BCUT2D eigenvalue weighted by Crippen LogP contribution is 2.29. The predicted octanol–water partition coefficient (Wildman–Crippen LogP) is 3.56. The average Bonchev–Trinajstić information content (AvgIpc) is 2.43. The van der Waals surface area contributed by atoms with E-state index in [9.17, 15) is 8.78 Å². The fourth-order valence-electron chi connectivity index (χ4n) is 1.98. The molecule has 6 heteroatoms. The van der Waals surface area contributed by atoms with Gasteiger partial charge in [0.05, 0.1) is 12.1 Å². The van der Waals surface area contributed by atoms with Crippen molar-refractivity contribution in [2.45, 2.75) is 20.0 Å². The van der Waals surface area contributed by atoms with E-state index in [4.69, 9.17) is 9.47 Å². The minimum Gasteiger partial charge on any atom is -0.493 e. The number of pyridine rings is 1. The van der Waals surface area contributed by atoms with E-state index in [0.29, 0.717) is 29.9 Å². The number of aromatic nitrogens is 1. The lowest BCUT2D eigenvalue weighted by molar-refractivity contribution is -0.0497. The van der Waals surface area contributed by atoms with Crippen LogP contribution in [-0.2, 0) is 4.74 Å². The fourth-order valence-corrected chi connectivity index (χ4v) is 1.98. The van der Waals surface area contributed by atoms with Crippen molar-refractivity contribution in [2.24, 2.45) is 0 Å². The highest BCUT2D eigenvalue weighted by molar-refractivity contribution is 5.86. The number of halogens is 2. The molecule has 0 saturated heterocycles. The number of methoxy groups -OCH3 is 1. The average molecular weight is 297 g/mol. The van der Waals surface area contributed by atoms with Crippen molar-refractivity contribution in [1.82, 2.24) is 4.98 Å². The Hall–Kier alpha value is -1.95. The van der Waals surface area contributed by atoms with Crippen molar-refractivity contribution in [3.63, 3.8) is 0 Å². The third-order valence-electron chi connectivity index (χ3n) is 2.85. The summed E-state index contributed by atoms with van der Waals surface area (Å²) in [7, 11) is 1.62. The molecule has 0 N–H and O–H groups in total. The Morgan fingerprint density at radius 3 is 2.71 bits per heavy atom. The van der Waals surface area contributed by atoms with E-state index in [-0.39, 0.29) is 5.75 Å². The van der Waals surface area contributed by atoms with Gasteiger partial charge in [0.15, 0.2) is 0 Å². The molecule has 0 spiro atoms. The number of fused-ring (bicyclic) bond motifs is 1. The van der Waals surface area contributed by atoms with E-state index >= 15 is 0 Å². The monoisotopic (exact) mass is 297 g/mol. The quantitative estimate of drug-likeness (QED) is 0.733. The Morgan fingerprint density at radius 2 is 2.00 bits per heavy atom. The molecule has 0 unspecified atom stereocenters. The van der Waals surface area contributed by atoms with Gasteiger partial charge in [0, 0.05) is 37.3 Å². The highest BCUT2D eigenvalue weighted by Gasteiger charge is 2.10. The molecule has 0 aliphatic rings. The summed E-state index contributed by atoms with van der Waals surface area (Å²) < 4.78 is 39.7. The number of aryl methyl sites for hydroxylation is 1. The van der Waals surface area contributed by atoms with Crippen molar-refractivity contribution in [1.29, 1.82) is 0 Å². The molecule has 0 aliphatic heterocycles. The summed E-state index contributed by atoms with van der Waals surface area (Å²) in [4.78, 5) is 4.35. The van der Waals surface area contributed by atoms with E-state index in [2.05, 4.69) is 9.72 Å². The fraction of sp³-hybridized carbons (Fsp3) is 0.400. The summed E-state index contributed by atoms with van der Waals surface area (Å²) in [6.07, 6.45) is 0.743. The summed E-state index contributed by atoms with van der Waals surface area (Å²) >= 11 is 0. The minimum absolute atomic E-state index is 0.0879. The normalized spacial score (nSPS) is 11.1. The van der Waals surface area contributed by atoms with Gasteiger partial charge < -0.3 is 14.2 Å². The zero-order valence-electron chi connectivity index (χ0n) is 11.9. The smallest absolute Gasteiger partial charge is 0.387 e. The second-order valence-electron chi connectivity index (χ2n) is 4.51. The van der Waals surface area contributed by atoms with Crippen LogP contribution in [0.4, 0.5) is 8.78 Å². The maximum absolute atomic E-state index is 12.3. The van der Waals surface area contributed by atoms with Gasteiger partial charge in [0.2, 0.25) is 0 Å². The number of nitrogens with zero attached hydrogens (tertiary/aromatic N) is 1. The van der Waals surface area contributed by atoms with Crippen LogP contribution in [0.2, 0.25) is 0 Å². The first kappa shape index (κ1) is 15.4. The van der Waals surface area contributed by atoms with Gasteiger partial charge in [0.25, 0.3) is 0 Å². The maximum Gasteiger partial charge on any atom is 0.387 e. The molecule has 21 heavy (non-hydrogen) atoms. The zero-order valence-corrected chi connectivity index (χ0v) is 11.9. The molecule has 2 rings (SSSR count). The van der Waals surface area contributed by atoms with Gasteiger partial charge in [-0.1, -0.05) is 0 Å². The summed E-state index contributed by atoms with van der Waals surface area (Å²) in [5, 5.41) is 0.649. The number of benzene rings is 1. The Labute approximate surface area is 121 Å². The van der Waals surface area contributed by atoms with E-state index in [1.165, 1.54) is 12.1 Å². The Morgan fingerprint density at radius 1 is 1.19 bits per heavy atom. The lowest BCUT2D eigenvalue weighted by Gasteiger charge is -2.11. The minimum atomic E-state index is -2.85. The van der Waals surface area contributed by atoms with Gasteiger partial charge in [-0.15, -0.1) is 0 Å². The SMILES string of the molecule is COCCCOc1cc(C)nc2ccc(OC(F)F)cc12. The molecular formula is C15H17F2NO3. The summed E-state index contributed by atoms with van der Waals surface area (Å²) in [5.41, 5.74) is 1.48. The van der Waals surface area contributed by atoms with Crippen LogP contribution in [0.25, 0.3) is 10.9 Å². The van der Waals surface area contributed by atoms with E-state index in [0.717, 1.165) is 12.1 Å². The third-order valence-corrected chi connectivity index (χ3v) is 2.85. The molecule has 2 aromatic rings. The molecule has 0 aliphatic carbocycles. The van der Waals surface area contributed by atoms with Crippen molar-refractivity contribution in [3.8, 4) is 11.5 Å². The summed E-state index contributed by atoms with van der Waals surface area (Å²) in [6, 6.07) is 6.40. The molecule has 114 valence electrons. The van der Waals surface area contributed by atoms with Crippen LogP contribution < -0.4 is 9.47 Å². The molecule has 0 atom stereocenters. The van der Waals surface area contributed by atoms with Crippen molar-refractivity contribution < 1.29 is 23.0 Å². The van der Waals surface area contributed by atoms with E-state index < -0.39 is 6.61 Å². The molecule has 0 amide bonds. The van der Waals surface area contributed by atoms with Crippen molar-refractivity contribution in [2.75, 3.05) is 20.3 Å². The second kappa shape index (κ2) is 7.17. The molecule has 0 fully saturated rings. The molecule has 0 radical (unpaired) electrons. The Kier molecular flexibility index (Phi) is 5.27. The number of ether oxygens (including phenoxy) is 3. The van der Waals surface area contributed by atoms with Gasteiger partial charge in [0.1, 0.15) is 11.5 Å². The van der Waals surface area contributed by atoms with Crippen LogP contribution in [0.1, 0.15) is 12.1 Å². The molecular weight excluding hydrogens is 280 g/mol. The zero-order chi connectivity index (χ0) is 15.2. The molecule has 0 bridgehead atoms. The lowest BCUT2D eigenvalue weighted by Crippen LogP contribution is -2.04. The molecule has 0 saturated carbocycles. The van der Waals surface area contributed by atoms with Crippen LogP contribution >= 0.6 is 0 Å².